The first-order valence-electron chi connectivity index (χ1n) is 4.16. The number of azide groups is 1. The second-order valence-electron chi connectivity index (χ2n) is 2.30. The van der Waals surface area contributed by atoms with Gasteiger partial charge in [0.2, 0.25) is 0 Å². The third-order valence-electron chi connectivity index (χ3n) is 1.21. The van der Waals surface area contributed by atoms with Crippen LogP contribution in [0.15, 0.2) is 28.0 Å². The fourth-order valence-corrected chi connectivity index (χ4v) is 0.963. The van der Waals surface area contributed by atoms with Crippen LogP contribution in [0.1, 0.15) is 6.92 Å². The Morgan fingerprint density at radius 3 is 2.87 bits per heavy atom. The highest BCUT2D eigenvalue weighted by molar-refractivity contribution is 7.84. The molecule has 0 amide bonds. The molecular weight excluding hydrogens is 216 g/mol. The third kappa shape index (κ3) is 5.66. The summed E-state index contributed by atoms with van der Waals surface area (Å²) in [4.78, 5) is 14.2. The molecule has 0 aromatic carbocycles. The molecule has 0 spiro atoms. The Bertz CT molecular complexity index is 332. The average Bonchev–Trinajstić information content (AvgIpc) is 2.18. The maximum Gasteiger partial charge on any atom is 0.340 e. The molecule has 0 fully saturated rings. The Morgan fingerprint density at radius 2 is 2.40 bits per heavy atom. The van der Waals surface area contributed by atoms with Crippen molar-refractivity contribution in [2.24, 2.45) is 5.11 Å². The Kier molecular flexibility index (Phi) is 6.96. The van der Waals surface area contributed by atoms with E-state index < -0.39 is 5.97 Å². The number of carbonyl (C=O) groups is 1. The zero-order chi connectivity index (χ0) is 11.7. The van der Waals surface area contributed by atoms with Crippen molar-refractivity contribution in [2.75, 3.05) is 13.7 Å². The van der Waals surface area contributed by atoms with Crippen LogP contribution in [0.25, 0.3) is 10.4 Å². The van der Waals surface area contributed by atoms with Crippen LogP contribution in [-0.4, -0.2) is 19.6 Å². The van der Waals surface area contributed by atoms with Gasteiger partial charge in [-0.15, -0.1) is 12.6 Å². The molecular formula is C8H12N4O2S. The van der Waals surface area contributed by atoms with Gasteiger partial charge in [0.15, 0.2) is 0 Å². The predicted molar refractivity (Wildman–Crippen MR) is 60.0 cm³/mol. The largest absolute Gasteiger partial charge is 0.462 e. The number of rotatable bonds is 5. The molecule has 0 aromatic rings. The van der Waals surface area contributed by atoms with Crippen molar-refractivity contribution in [3.8, 4) is 0 Å². The van der Waals surface area contributed by atoms with Crippen LogP contribution in [0.2, 0.25) is 0 Å². The van der Waals surface area contributed by atoms with Gasteiger partial charge in [-0.3, -0.25) is 0 Å². The van der Waals surface area contributed by atoms with E-state index >= 15 is 0 Å². The molecule has 15 heavy (non-hydrogen) atoms. The molecule has 0 radical (unpaired) electrons. The number of nitrogens with one attached hydrogen (secondary N) is 1. The summed E-state index contributed by atoms with van der Waals surface area (Å²) in [7, 11) is 1.68. The van der Waals surface area contributed by atoms with Crippen molar-refractivity contribution in [3.63, 3.8) is 0 Å². The lowest BCUT2D eigenvalue weighted by Gasteiger charge is -2.00. The maximum atomic E-state index is 11.2. The molecule has 0 heterocycles. The molecule has 0 aliphatic heterocycles. The van der Waals surface area contributed by atoms with E-state index in [4.69, 9.17) is 5.53 Å². The lowest BCUT2D eigenvalue weighted by atomic mass is 10.4. The number of hydrogen-bond acceptors (Lipinski definition) is 5. The molecule has 6 nitrogen and oxygen atoms in total. The number of nitrogens with zero attached hydrogens (tertiary/aromatic N) is 3. The van der Waals surface area contributed by atoms with E-state index in [-0.39, 0.29) is 12.3 Å². The first kappa shape index (κ1) is 13.4. The lowest BCUT2D eigenvalue weighted by Crippen LogP contribution is -2.06. The van der Waals surface area contributed by atoms with Gasteiger partial charge in [-0.2, -0.15) is 0 Å². The van der Waals surface area contributed by atoms with Crippen LogP contribution in [0, 0.1) is 0 Å². The molecule has 0 atom stereocenters. The van der Waals surface area contributed by atoms with Crippen molar-refractivity contribution in [1.82, 2.24) is 5.32 Å². The minimum absolute atomic E-state index is 0.129. The second kappa shape index (κ2) is 7.78. The fraction of sp³-hybridized carbons (Fsp3) is 0.375. The number of carbonyl (C=O) groups excluding carboxylic acids is 1. The summed E-state index contributed by atoms with van der Waals surface area (Å²) in [6, 6.07) is 0. The van der Waals surface area contributed by atoms with Gasteiger partial charge in [-0.1, -0.05) is 5.11 Å². The van der Waals surface area contributed by atoms with Crippen LogP contribution in [0.4, 0.5) is 0 Å². The molecule has 0 bridgehead atoms. The SMILES string of the molecule is CCOC(=O)/C(=C/C(S)=C/NC)N=[N+]=[N-]. The highest BCUT2D eigenvalue weighted by Gasteiger charge is 2.08. The Balaban J connectivity index is 4.87. The van der Waals surface area contributed by atoms with Gasteiger partial charge in [-0.25, -0.2) is 4.79 Å². The summed E-state index contributed by atoms with van der Waals surface area (Å²) in [6.07, 6.45) is 2.85. The number of esters is 1. The van der Waals surface area contributed by atoms with Gasteiger partial charge in [0.25, 0.3) is 0 Å². The molecule has 82 valence electrons. The summed E-state index contributed by atoms with van der Waals surface area (Å²) in [5.74, 6) is -0.675. The first-order valence-corrected chi connectivity index (χ1v) is 4.60. The number of allylic oxidation sites excluding steroid dienone is 1. The molecule has 0 aliphatic carbocycles. The van der Waals surface area contributed by atoms with Crippen LogP contribution in [-0.2, 0) is 9.53 Å². The summed E-state index contributed by atoms with van der Waals surface area (Å²) < 4.78 is 4.68. The molecule has 7 heteroatoms. The highest BCUT2D eigenvalue weighted by atomic mass is 32.1. The number of hydrogen-bond donors (Lipinski definition) is 2. The molecule has 0 rings (SSSR count). The minimum Gasteiger partial charge on any atom is -0.462 e. The Labute approximate surface area is 93.0 Å². The second-order valence-corrected chi connectivity index (χ2v) is 2.81. The molecule has 0 aliphatic rings. The number of thiol groups is 1. The predicted octanol–water partition coefficient (Wildman–Crippen LogP) is 1.73. The Morgan fingerprint density at radius 1 is 1.73 bits per heavy atom. The highest BCUT2D eigenvalue weighted by Crippen LogP contribution is 2.09. The van der Waals surface area contributed by atoms with Crippen molar-refractivity contribution in [3.05, 3.63) is 33.3 Å². The lowest BCUT2D eigenvalue weighted by molar-refractivity contribution is -0.138. The fourth-order valence-electron chi connectivity index (χ4n) is 0.711. The van der Waals surface area contributed by atoms with E-state index in [0.717, 1.165) is 0 Å². The van der Waals surface area contributed by atoms with Gasteiger partial charge in [-0.05, 0) is 18.5 Å². The first-order chi connectivity index (χ1) is 7.15. The average molecular weight is 228 g/mol. The van der Waals surface area contributed by atoms with E-state index in [1.807, 2.05) is 0 Å². The van der Waals surface area contributed by atoms with Crippen molar-refractivity contribution < 1.29 is 9.53 Å². The van der Waals surface area contributed by atoms with Crippen LogP contribution in [0.5, 0.6) is 0 Å². The standard InChI is InChI=1S/C8H12N4O2S/c1-3-14-8(13)7(11-12-9)4-6(15)5-10-2/h4-5,10,15H,3H2,1-2H3/b6-5-,7-4-. The molecule has 0 saturated carbocycles. The van der Waals surface area contributed by atoms with Crippen molar-refractivity contribution >= 4 is 18.6 Å². The van der Waals surface area contributed by atoms with E-state index in [1.165, 1.54) is 12.3 Å². The van der Waals surface area contributed by atoms with Gasteiger partial charge in [0.1, 0.15) is 5.70 Å². The maximum absolute atomic E-state index is 11.2. The topological polar surface area (TPSA) is 87.1 Å². The zero-order valence-corrected chi connectivity index (χ0v) is 9.36. The van der Waals surface area contributed by atoms with Crippen molar-refractivity contribution in [1.29, 1.82) is 0 Å². The van der Waals surface area contributed by atoms with E-state index in [9.17, 15) is 4.79 Å². The van der Waals surface area contributed by atoms with Crippen LogP contribution < -0.4 is 5.32 Å². The summed E-state index contributed by atoms with van der Waals surface area (Å²) >= 11 is 4.04. The molecule has 0 aromatic heterocycles. The van der Waals surface area contributed by atoms with Gasteiger partial charge in [0.05, 0.1) is 6.61 Å². The molecule has 0 saturated heterocycles. The van der Waals surface area contributed by atoms with Crippen LogP contribution in [0.3, 0.4) is 0 Å². The summed E-state index contributed by atoms with van der Waals surface area (Å²) in [6.45, 7) is 1.88. The van der Waals surface area contributed by atoms with Crippen molar-refractivity contribution in [2.45, 2.75) is 6.92 Å². The quantitative estimate of drug-likeness (QED) is 0.143. The molecule has 0 unspecified atom stereocenters. The van der Waals surface area contributed by atoms with E-state index in [1.54, 1.807) is 14.0 Å². The normalized spacial score (nSPS) is 11.7. The third-order valence-corrected chi connectivity index (χ3v) is 1.47. The van der Waals surface area contributed by atoms with Crippen LogP contribution >= 0.6 is 12.6 Å². The summed E-state index contributed by atoms with van der Waals surface area (Å²) in [5.41, 5.74) is 8.12. The number of ether oxygens (including phenoxy) is 1. The minimum atomic E-state index is -0.675. The molecule has 1 N–H and O–H groups in total. The van der Waals surface area contributed by atoms with Gasteiger partial charge < -0.3 is 10.1 Å². The smallest absolute Gasteiger partial charge is 0.340 e. The summed E-state index contributed by atoms with van der Waals surface area (Å²) in [5, 5.41) is 5.93. The van der Waals surface area contributed by atoms with Gasteiger partial charge >= 0.3 is 5.97 Å². The monoisotopic (exact) mass is 228 g/mol. The van der Waals surface area contributed by atoms with E-state index in [0.29, 0.717) is 4.91 Å². The van der Waals surface area contributed by atoms with Gasteiger partial charge in [0, 0.05) is 23.1 Å². The Hall–Kier alpha value is -1.59. The zero-order valence-electron chi connectivity index (χ0n) is 8.47. The van der Waals surface area contributed by atoms with E-state index in [2.05, 4.69) is 32.7 Å².